The molecule has 1 aromatic rings. The molecule has 0 aliphatic heterocycles. The highest BCUT2D eigenvalue weighted by Crippen LogP contribution is 2.31. The summed E-state index contributed by atoms with van der Waals surface area (Å²) in [4.78, 5) is 0.873. The maximum absolute atomic E-state index is 5.49. The van der Waals surface area contributed by atoms with E-state index in [0.29, 0.717) is 0 Å². The summed E-state index contributed by atoms with van der Waals surface area (Å²) in [5.41, 5.74) is 0. The van der Waals surface area contributed by atoms with E-state index in [-0.39, 0.29) is 0 Å². The molecule has 0 unspecified atom stereocenters. The van der Waals surface area contributed by atoms with E-state index in [1.165, 1.54) is 0 Å². The van der Waals surface area contributed by atoms with E-state index < -0.39 is 0 Å². The van der Waals surface area contributed by atoms with E-state index in [1.54, 1.807) is 0 Å². The summed E-state index contributed by atoms with van der Waals surface area (Å²) in [6, 6.07) is 5.80. The van der Waals surface area contributed by atoms with Crippen LogP contribution in [0.1, 0.15) is 13.3 Å². The molecule has 0 atom stereocenters. The first kappa shape index (κ1) is 9.93. The van der Waals surface area contributed by atoms with Crippen molar-refractivity contribution < 1.29 is 4.74 Å². The summed E-state index contributed by atoms with van der Waals surface area (Å²) in [6.45, 7) is 2.81. The number of hydrogen-bond donors (Lipinski definition) is 1. The van der Waals surface area contributed by atoms with Crippen molar-refractivity contribution >= 4 is 28.6 Å². The van der Waals surface area contributed by atoms with Crippen molar-refractivity contribution in [3.63, 3.8) is 0 Å². The van der Waals surface area contributed by atoms with Gasteiger partial charge in [-0.25, -0.2) is 0 Å². The molecule has 0 fully saturated rings. The van der Waals surface area contributed by atoms with Crippen LogP contribution in [0.3, 0.4) is 0 Å². The molecule has 0 saturated heterocycles. The highest BCUT2D eigenvalue weighted by atomic mass is 79.9. The smallest absolute Gasteiger partial charge is 0.146 e. The Hall–Kier alpha value is -0.150. The second kappa shape index (κ2) is 4.77. The van der Waals surface area contributed by atoms with Gasteiger partial charge in [0, 0.05) is 4.90 Å². The number of rotatable bonds is 3. The van der Waals surface area contributed by atoms with Gasteiger partial charge in [0.1, 0.15) is 5.75 Å². The maximum atomic E-state index is 5.49. The average Bonchev–Trinajstić information content (AvgIpc) is 2.04. The van der Waals surface area contributed by atoms with Crippen molar-refractivity contribution in [2.45, 2.75) is 18.2 Å². The van der Waals surface area contributed by atoms with Gasteiger partial charge in [-0.15, -0.1) is 12.6 Å². The summed E-state index contributed by atoms with van der Waals surface area (Å²) in [5.74, 6) is 0.836. The van der Waals surface area contributed by atoms with Gasteiger partial charge in [-0.3, -0.25) is 0 Å². The largest absolute Gasteiger partial charge is 0.491 e. The summed E-state index contributed by atoms with van der Waals surface area (Å²) in [5, 5.41) is 0. The minimum Gasteiger partial charge on any atom is -0.491 e. The molecule has 1 nitrogen and oxygen atoms in total. The monoisotopic (exact) mass is 246 g/mol. The fourth-order valence-electron chi connectivity index (χ4n) is 0.844. The van der Waals surface area contributed by atoms with Gasteiger partial charge >= 0.3 is 0 Å². The Bertz CT molecular complexity index is 242. The molecule has 1 rings (SSSR count). The molecular weight excluding hydrogens is 236 g/mol. The standard InChI is InChI=1S/C9H11BrOS/c1-2-6-11-9-7(10)4-3-5-8(9)12/h3-5,12H,2,6H2,1H3. The Morgan fingerprint density at radius 2 is 2.25 bits per heavy atom. The lowest BCUT2D eigenvalue weighted by atomic mass is 10.3. The predicted molar refractivity (Wildman–Crippen MR) is 57.2 cm³/mol. The quantitative estimate of drug-likeness (QED) is 0.804. The molecular formula is C9H11BrOS. The molecule has 0 saturated carbocycles. The SMILES string of the molecule is CCCOc1c(S)cccc1Br. The van der Waals surface area contributed by atoms with Crippen LogP contribution < -0.4 is 4.74 Å². The molecule has 0 bridgehead atoms. The zero-order valence-corrected chi connectivity index (χ0v) is 9.36. The van der Waals surface area contributed by atoms with Crippen molar-refractivity contribution in [3.05, 3.63) is 22.7 Å². The van der Waals surface area contributed by atoms with Gasteiger partial charge < -0.3 is 4.74 Å². The van der Waals surface area contributed by atoms with E-state index in [4.69, 9.17) is 4.74 Å². The van der Waals surface area contributed by atoms with Crippen LogP contribution in [0.25, 0.3) is 0 Å². The van der Waals surface area contributed by atoms with Crippen LogP contribution in [0, 0.1) is 0 Å². The van der Waals surface area contributed by atoms with Gasteiger partial charge in [0.05, 0.1) is 11.1 Å². The maximum Gasteiger partial charge on any atom is 0.146 e. The van der Waals surface area contributed by atoms with Crippen LogP contribution in [0.5, 0.6) is 5.75 Å². The van der Waals surface area contributed by atoms with E-state index >= 15 is 0 Å². The van der Waals surface area contributed by atoms with Crippen molar-refractivity contribution in [1.29, 1.82) is 0 Å². The van der Waals surface area contributed by atoms with Crippen molar-refractivity contribution in [2.24, 2.45) is 0 Å². The molecule has 0 radical (unpaired) electrons. The summed E-state index contributed by atoms with van der Waals surface area (Å²) in [6.07, 6.45) is 1.01. The number of benzene rings is 1. The van der Waals surface area contributed by atoms with Gasteiger partial charge in [0.15, 0.2) is 0 Å². The molecule has 3 heteroatoms. The van der Waals surface area contributed by atoms with Gasteiger partial charge in [-0.05, 0) is 34.5 Å². The van der Waals surface area contributed by atoms with Crippen LogP contribution in [0.4, 0.5) is 0 Å². The third-order valence-electron chi connectivity index (χ3n) is 1.40. The van der Waals surface area contributed by atoms with Crippen molar-refractivity contribution in [2.75, 3.05) is 6.61 Å². The van der Waals surface area contributed by atoms with Gasteiger partial charge in [0.25, 0.3) is 0 Å². The first-order chi connectivity index (χ1) is 5.75. The zero-order valence-electron chi connectivity index (χ0n) is 6.88. The second-order valence-corrected chi connectivity index (χ2v) is 3.77. The molecule has 0 aromatic heterocycles. The molecule has 0 N–H and O–H groups in total. The van der Waals surface area contributed by atoms with Crippen molar-refractivity contribution in [1.82, 2.24) is 0 Å². The predicted octanol–water partition coefficient (Wildman–Crippen LogP) is 3.53. The average molecular weight is 247 g/mol. The third-order valence-corrected chi connectivity index (χ3v) is 2.37. The molecule has 0 aliphatic rings. The lowest BCUT2D eigenvalue weighted by Crippen LogP contribution is -1.96. The topological polar surface area (TPSA) is 9.23 Å². The second-order valence-electron chi connectivity index (χ2n) is 2.44. The van der Waals surface area contributed by atoms with E-state index in [9.17, 15) is 0 Å². The lowest BCUT2D eigenvalue weighted by molar-refractivity contribution is 0.308. The van der Waals surface area contributed by atoms with Crippen molar-refractivity contribution in [3.8, 4) is 5.75 Å². The Morgan fingerprint density at radius 1 is 1.50 bits per heavy atom. The first-order valence-electron chi connectivity index (χ1n) is 3.86. The minimum atomic E-state index is 0.732. The molecule has 0 amide bonds. The normalized spacial score (nSPS) is 9.92. The van der Waals surface area contributed by atoms with E-state index in [1.807, 2.05) is 18.2 Å². The first-order valence-corrected chi connectivity index (χ1v) is 5.10. The van der Waals surface area contributed by atoms with Crippen LogP contribution in [0.15, 0.2) is 27.6 Å². The van der Waals surface area contributed by atoms with E-state index in [0.717, 1.165) is 28.1 Å². The van der Waals surface area contributed by atoms with Crippen LogP contribution in [0.2, 0.25) is 0 Å². The molecule has 0 aliphatic carbocycles. The highest BCUT2D eigenvalue weighted by molar-refractivity contribution is 9.10. The Labute approximate surface area is 86.7 Å². The Balaban J connectivity index is 2.81. The number of para-hydroxylation sites is 1. The van der Waals surface area contributed by atoms with Crippen LogP contribution in [-0.4, -0.2) is 6.61 Å². The third kappa shape index (κ3) is 2.42. The zero-order chi connectivity index (χ0) is 8.97. The highest BCUT2D eigenvalue weighted by Gasteiger charge is 2.03. The number of thiol groups is 1. The molecule has 66 valence electrons. The fourth-order valence-corrected chi connectivity index (χ4v) is 1.75. The molecule has 12 heavy (non-hydrogen) atoms. The minimum absolute atomic E-state index is 0.732. The summed E-state index contributed by atoms with van der Waals surface area (Å²) in [7, 11) is 0. The van der Waals surface area contributed by atoms with E-state index in [2.05, 4.69) is 35.5 Å². The lowest BCUT2D eigenvalue weighted by Gasteiger charge is -2.08. The molecule has 0 spiro atoms. The Kier molecular flexibility index (Phi) is 3.95. The summed E-state index contributed by atoms with van der Waals surface area (Å²) < 4.78 is 6.45. The fraction of sp³-hybridized carbons (Fsp3) is 0.333. The number of halogens is 1. The summed E-state index contributed by atoms with van der Waals surface area (Å²) >= 11 is 7.69. The van der Waals surface area contributed by atoms with Crippen LogP contribution in [-0.2, 0) is 0 Å². The van der Waals surface area contributed by atoms with Gasteiger partial charge in [-0.1, -0.05) is 13.0 Å². The molecule has 0 heterocycles. The van der Waals surface area contributed by atoms with Gasteiger partial charge in [0.2, 0.25) is 0 Å². The van der Waals surface area contributed by atoms with Crippen LogP contribution >= 0.6 is 28.6 Å². The molecule has 1 aromatic carbocycles. The Morgan fingerprint density at radius 3 is 2.83 bits per heavy atom. The number of hydrogen-bond acceptors (Lipinski definition) is 2. The number of ether oxygens (including phenoxy) is 1. The van der Waals surface area contributed by atoms with Gasteiger partial charge in [-0.2, -0.15) is 0 Å².